The first kappa shape index (κ1) is 16.1. The maximum atomic E-state index is 12.2. The second-order valence-corrected chi connectivity index (χ2v) is 5.83. The Morgan fingerprint density at radius 1 is 1.38 bits per heavy atom. The van der Waals surface area contributed by atoms with Crippen molar-refractivity contribution in [2.24, 2.45) is 5.92 Å². The van der Waals surface area contributed by atoms with Crippen LogP contribution in [0.15, 0.2) is 18.2 Å². The number of anilines is 1. The van der Waals surface area contributed by atoms with Crippen LogP contribution in [0, 0.1) is 5.92 Å². The van der Waals surface area contributed by atoms with E-state index in [0.29, 0.717) is 23.7 Å². The normalized spacial score (nSPS) is 14.0. The topological polar surface area (TPSA) is 50.4 Å². The number of ether oxygens (including phenoxy) is 1. The highest BCUT2D eigenvalue weighted by Gasteiger charge is 2.21. The van der Waals surface area contributed by atoms with Gasteiger partial charge in [0, 0.05) is 30.4 Å². The molecule has 1 amide bonds. The van der Waals surface area contributed by atoms with Gasteiger partial charge in [-0.2, -0.15) is 0 Å². The molecule has 1 fully saturated rings. The Morgan fingerprint density at radius 3 is 2.90 bits per heavy atom. The van der Waals surface area contributed by atoms with Crippen LogP contribution in [0.5, 0.6) is 0 Å². The molecule has 1 aromatic rings. The van der Waals surface area contributed by atoms with Crippen LogP contribution in [-0.2, 0) is 4.74 Å². The van der Waals surface area contributed by atoms with E-state index in [0.717, 1.165) is 31.2 Å². The first-order valence-electron chi connectivity index (χ1n) is 7.60. The number of rotatable bonds is 9. The number of benzene rings is 1. The number of nitrogens with one attached hydrogen (secondary N) is 2. The molecular weight excluding hydrogens is 288 g/mol. The maximum absolute atomic E-state index is 12.2. The fraction of sp³-hybridized carbons (Fsp3) is 0.562. The third-order valence-electron chi connectivity index (χ3n) is 3.37. The van der Waals surface area contributed by atoms with Crippen LogP contribution in [0.25, 0.3) is 0 Å². The minimum absolute atomic E-state index is 0.119. The molecule has 0 radical (unpaired) electrons. The number of hydrogen-bond acceptors (Lipinski definition) is 3. The molecule has 0 saturated heterocycles. The van der Waals surface area contributed by atoms with E-state index in [1.807, 2.05) is 6.07 Å². The van der Waals surface area contributed by atoms with Crippen molar-refractivity contribution < 1.29 is 9.53 Å². The average molecular weight is 311 g/mol. The highest BCUT2D eigenvalue weighted by molar-refractivity contribution is 6.31. The summed E-state index contributed by atoms with van der Waals surface area (Å²) in [6, 6.07) is 5.32. The van der Waals surface area contributed by atoms with E-state index in [4.69, 9.17) is 16.3 Å². The third kappa shape index (κ3) is 5.56. The molecule has 5 heteroatoms. The molecule has 0 bridgehead atoms. The quantitative estimate of drug-likeness (QED) is 0.688. The first-order chi connectivity index (χ1) is 10.2. The van der Waals surface area contributed by atoms with Crippen LogP contribution in [0.1, 0.15) is 36.5 Å². The zero-order valence-electron chi connectivity index (χ0n) is 12.5. The molecule has 0 unspecified atom stereocenters. The minimum Gasteiger partial charge on any atom is -0.384 e. The summed E-state index contributed by atoms with van der Waals surface area (Å²) < 4.78 is 5.51. The van der Waals surface area contributed by atoms with Gasteiger partial charge in [-0.3, -0.25) is 4.79 Å². The molecule has 1 saturated carbocycles. The number of amides is 1. The Balaban J connectivity index is 1.82. The zero-order chi connectivity index (χ0) is 15.1. The maximum Gasteiger partial charge on any atom is 0.253 e. The number of carbonyl (C=O) groups excluding carboxylic acids is 1. The highest BCUT2D eigenvalue weighted by Crippen LogP contribution is 2.28. The fourth-order valence-electron chi connectivity index (χ4n) is 1.98. The smallest absolute Gasteiger partial charge is 0.253 e. The molecule has 0 atom stereocenters. The summed E-state index contributed by atoms with van der Waals surface area (Å²) in [4.78, 5) is 12.2. The number of hydrogen-bond donors (Lipinski definition) is 2. The van der Waals surface area contributed by atoms with Gasteiger partial charge in [0.15, 0.2) is 0 Å². The monoisotopic (exact) mass is 310 g/mol. The lowest BCUT2D eigenvalue weighted by molar-refractivity contribution is 0.0907. The van der Waals surface area contributed by atoms with E-state index in [9.17, 15) is 4.79 Å². The van der Waals surface area contributed by atoms with Crippen molar-refractivity contribution in [3.05, 3.63) is 28.8 Å². The summed E-state index contributed by atoms with van der Waals surface area (Å²) in [7, 11) is 0. The second kappa shape index (κ2) is 8.25. The molecule has 0 heterocycles. The lowest BCUT2D eigenvalue weighted by atomic mass is 10.1. The molecular formula is C16H23ClN2O2. The van der Waals surface area contributed by atoms with Crippen molar-refractivity contribution in [1.82, 2.24) is 5.32 Å². The van der Waals surface area contributed by atoms with E-state index in [1.165, 1.54) is 12.8 Å². The third-order valence-corrected chi connectivity index (χ3v) is 3.61. The van der Waals surface area contributed by atoms with Gasteiger partial charge in [-0.25, -0.2) is 0 Å². The van der Waals surface area contributed by atoms with E-state index in [1.54, 1.807) is 12.1 Å². The SMILES string of the molecule is CCCNc1ccc(Cl)cc1C(=O)NCCOCC1CC1. The summed E-state index contributed by atoms with van der Waals surface area (Å²) in [5.41, 5.74) is 1.40. The van der Waals surface area contributed by atoms with E-state index < -0.39 is 0 Å². The number of halogens is 1. The fourth-order valence-corrected chi connectivity index (χ4v) is 2.16. The molecule has 2 N–H and O–H groups in total. The van der Waals surface area contributed by atoms with Crippen LogP contribution >= 0.6 is 11.6 Å². The van der Waals surface area contributed by atoms with Crippen molar-refractivity contribution >= 4 is 23.2 Å². The summed E-state index contributed by atoms with van der Waals surface area (Å²) in [6.07, 6.45) is 3.56. The van der Waals surface area contributed by atoms with Gasteiger partial charge >= 0.3 is 0 Å². The molecule has 2 rings (SSSR count). The Hall–Kier alpha value is -1.26. The van der Waals surface area contributed by atoms with Crippen LogP contribution in [0.2, 0.25) is 5.02 Å². The molecule has 21 heavy (non-hydrogen) atoms. The standard InChI is InChI=1S/C16H23ClN2O2/c1-2-7-18-15-6-5-13(17)10-14(15)16(20)19-8-9-21-11-12-3-4-12/h5-6,10,12,18H,2-4,7-9,11H2,1H3,(H,19,20). The lowest BCUT2D eigenvalue weighted by Gasteiger charge is -2.12. The average Bonchev–Trinajstić information content (AvgIpc) is 3.29. The van der Waals surface area contributed by atoms with Crippen molar-refractivity contribution in [1.29, 1.82) is 0 Å². The van der Waals surface area contributed by atoms with Crippen molar-refractivity contribution in [2.45, 2.75) is 26.2 Å². The van der Waals surface area contributed by atoms with Crippen LogP contribution in [0.3, 0.4) is 0 Å². The van der Waals surface area contributed by atoms with Crippen molar-refractivity contribution in [2.75, 3.05) is 31.6 Å². The Kier molecular flexibility index (Phi) is 6.33. The van der Waals surface area contributed by atoms with Gasteiger partial charge in [0.25, 0.3) is 5.91 Å². The Morgan fingerprint density at radius 2 is 2.19 bits per heavy atom. The predicted octanol–water partition coefficient (Wildman–Crippen LogP) is 3.32. The van der Waals surface area contributed by atoms with Gasteiger partial charge in [-0.05, 0) is 43.4 Å². The Bertz CT molecular complexity index is 475. The predicted molar refractivity (Wildman–Crippen MR) is 86.1 cm³/mol. The van der Waals surface area contributed by atoms with Gasteiger partial charge in [0.2, 0.25) is 0 Å². The van der Waals surface area contributed by atoms with Crippen molar-refractivity contribution in [3.8, 4) is 0 Å². The first-order valence-corrected chi connectivity index (χ1v) is 7.98. The zero-order valence-corrected chi connectivity index (χ0v) is 13.2. The largest absolute Gasteiger partial charge is 0.384 e. The van der Waals surface area contributed by atoms with E-state index in [2.05, 4.69) is 17.6 Å². The van der Waals surface area contributed by atoms with Gasteiger partial charge in [-0.15, -0.1) is 0 Å². The summed E-state index contributed by atoms with van der Waals surface area (Å²) in [5.74, 6) is 0.629. The van der Waals surface area contributed by atoms with Crippen LogP contribution in [0.4, 0.5) is 5.69 Å². The van der Waals surface area contributed by atoms with Crippen LogP contribution < -0.4 is 10.6 Å². The van der Waals surface area contributed by atoms with Crippen LogP contribution in [-0.4, -0.2) is 32.2 Å². The van der Waals surface area contributed by atoms with E-state index in [-0.39, 0.29) is 5.91 Å². The van der Waals surface area contributed by atoms with E-state index >= 15 is 0 Å². The summed E-state index contributed by atoms with van der Waals surface area (Å²) in [6.45, 7) is 4.80. The van der Waals surface area contributed by atoms with Gasteiger partial charge < -0.3 is 15.4 Å². The lowest BCUT2D eigenvalue weighted by Crippen LogP contribution is -2.28. The van der Waals surface area contributed by atoms with Crippen molar-refractivity contribution in [3.63, 3.8) is 0 Å². The van der Waals surface area contributed by atoms with Gasteiger partial charge in [0.05, 0.1) is 12.2 Å². The highest BCUT2D eigenvalue weighted by atomic mass is 35.5. The summed E-state index contributed by atoms with van der Waals surface area (Å²) in [5, 5.41) is 6.68. The molecule has 4 nitrogen and oxygen atoms in total. The molecule has 0 aromatic heterocycles. The number of carbonyl (C=O) groups is 1. The summed E-state index contributed by atoms with van der Waals surface area (Å²) >= 11 is 5.99. The molecule has 1 aromatic carbocycles. The molecule has 116 valence electrons. The van der Waals surface area contributed by atoms with Gasteiger partial charge in [-0.1, -0.05) is 18.5 Å². The minimum atomic E-state index is -0.119. The molecule has 1 aliphatic carbocycles. The molecule has 0 aliphatic heterocycles. The van der Waals surface area contributed by atoms with Gasteiger partial charge in [0.1, 0.15) is 0 Å². The second-order valence-electron chi connectivity index (χ2n) is 5.39. The molecule has 1 aliphatic rings. The molecule has 0 spiro atoms. The Labute approximate surface area is 131 Å².